The molecule has 0 aliphatic carbocycles. The Bertz CT molecular complexity index is 529. The quantitative estimate of drug-likeness (QED) is 0.787. The normalized spacial score (nSPS) is 10.1. The fourth-order valence-electron chi connectivity index (χ4n) is 1.23. The molecule has 0 bridgehead atoms. The first kappa shape index (κ1) is 11.4. The zero-order valence-electron chi connectivity index (χ0n) is 8.02. The van der Waals surface area contributed by atoms with E-state index in [0.29, 0.717) is 11.3 Å². The Kier molecular flexibility index (Phi) is 3.46. The minimum Gasteiger partial charge on any atom is -0.287 e. The van der Waals surface area contributed by atoms with Gasteiger partial charge < -0.3 is 0 Å². The summed E-state index contributed by atoms with van der Waals surface area (Å²) in [7, 11) is 0. The molecule has 1 heterocycles. The lowest BCUT2D eigenvalue weighted by Crippen LogP contribution is -2.05. The fourth-order valence-corrected chi connectivity index (χ4v) is 2.46. The topological polar surface area (TPSA) is 42.9 Å². The number of rotatable bonds is 2. The van der Waals surface area contributed by atoms with E-state index in [1.165, 1.54) is 18.6 Å². The number of halogens is 2. The van der Waals surface area contributed by atoms with E-state index in [2.05, 4.69) is 41.8 Å². The van der Waals surface area contributed by atoms with Gasteiger partial charge in [0.25, 0.3) is 0 Å². The van der Waals surface area contributed by atoms with Gasteiger partial charge in [-0.3, -0.25) is 9.78 Å². The van der Waals surface area contributed by atoms with E-state index in [0.717, 1.165) is 8.95 Å². The molecule has 0 saturated heterocycles. The van der Waals surface area contributed by atoms with Crippen molar-refractivity contribution in [2.24, 2.45) is 0 Å². The highest BCUT2D eigenvalue weighted by Crippen LogP contribution is 2.23. The summed E-state index contributed by atoms with van der Waals surface area (Å²) in [6.07, 6.45) is 4.49. The lowest BCUT2D eigenvalue weighted by Gasteiger charge is -2.03. The summed E-state index contributed by atoms with van der Waals surface area (Å²) >= 11 is 6.68. The smallest absolute Gasteiger partial charge is 0.214 e. The molecule has 0 amide bonds. The van der Waals surface area contributed by atoms with E-state index in [9.17, 15) is 4.79 Å². The molecule has 0 aliphatic heterocycles. The van der Waals surface area contributed by atoms with Crippen molar-refractivity contribution >= 4 is 37.6 Å². The van der Waals surface area contributed by atoms with Crippen LogP contribution in [0.5, 0.6) is 0 Å². The van der Waals surface area contributed by atoms with Crippen LogP contribution in [0.25, 0.3) is 0 Å². The van der Waals surface area contributed by atoms with Crippen LogP contribution in [-0.4, -0.2) is 15.8 Å². The van der Waals surface area contributed by atoms with Gasteiger partial charge in [0, 0.05) is 26.9 Å². The zero-order valence-corrected chi connectivity index (χ0v) is 11.2. The first-order valence-corrected chi connectivity index (χ1v) is 6.03. The van der Waals surface area contributed by atoms with Gasteiger partial charge in [-0.1, -0.05) is 15.9 Å². The van der Waals surface area contributed by atoms with E-state index >= 15 is 0 Å². The van der Waals surface area contributed by atoms with Gasteiger partial charge in [-0.25, -0.2) is 4.98 Å². The second-order valence-electron chi connectivity index (χ2n) is 3.04. The number of carbonyl (C=O) groups excluding carboxylic acids is 1. The summed E-state index contributed by atoms with van der Waals surface area (Å²) in [5.41, 5.74) is 0.911. The standard InChI is InChI=1S/C11H6Br2N2O/c12-7-1-2-8(9(13)5-7)11(16)10-6-14-3-4-15-10/h1-6H. The molecule has 5 heteroatoms. The third-order valence-electron chi connectivity index (χ3n) is 1.97. The molecule has 0 fully saturated rings. The van der Waals surface area contributed by atoms with Crippen molar-refractivity contribution < 1.29 is 4.79 Å². The highest BCUT2D eigenvalue weighted by molar-refractivity contribution is 9.11. The van der Waals surface area contributed by atoms with Gasteiger partial charge in [0.2, 0.25) is 5.78 Å². The van der Waals surface area contributed by atoms with Gasteiger partial charge in [0.15, 0.2) is 0 Å². The van der Waals surface area contributed by atoms with Crippen molar-refractivity contribution in [1.29, 1.82) is 0 Å². The highest BCUT2D eigenvalue weighted by atomic mass is 79.9. The first-order chi connectivity index (χ1) is 7.68. The molecule has 1 aromatic carbocycles. The molecule has 0 unspecified atom stereocenters. The van der Waals surface area contributed by atoms with Crippen LogP contribution in [0.4, 0.5) is 0 Å². The first-order valence-electron chi connectivity index (χ1n) is 4.44. The summed E-state index contributed by atoms with van der Waals surface area (Å²) in [6, 6.07) is 5.38. The van der Waals surface area contributed by atoms with Gasteiger partial charge in [-0.2, -0.15) is 0 Å². The molecule has 0 radical (unpaired) electrons. The van der Waals surface area contributed by atoms with Gasteiger partial charge in [-0.05, 0) is 34.1 Å². The third-order valence-corrected chi connectivity index (χ3v) is 3.12. The maximum atomic E-state index is 12.0. The average Bonchev–Trinajstić information content (AvgIpc) is 2.29. The zero-order chi connectivity index (χ0) is 11.5. The van der Waals surface area contributed by atoms with Crippen LogP contribution < -0.4 is 0 Å². The molecule has 0 atom stereocenters. The minimum atomic E-state index is -0.146. The third kappa shape index (κ3) is 2.36. The van der Waals surface area contributed by atoms with Crippen molar-refractivity contribution in [3.05, 3.63) is 57.0 Å². The van der Waals surface area contributed by atoms with Crippen LogP contribution in [-0.2, 0) is 0 Å². The Morgan fingerprint density at radius 1 is 1.19 bits per heavy atom. The number of aromatic nitrogens is 2. The van der Waals surface area contributed by atoms with Crippen LogP contribution >= 0.6 is 31.9 Å². The van der Waals surface area contributed by atoms with E-state index in [4.69, 9.17) is 0 Å². The predicted molar refractivity (Wildman–Crippen MR) is 67.3 cm³/mol. The molecule has 0 aliphatic rings. The van der Waals surface area contributed by atoms with Crippen molar-refractivity contribution in [1.82, 2.24) is 9.97 Å². The summed E-state index contributed by atoms with van der Waals surface area (Å²) in [4.78, 5) is 19.9. The van der Waals surface area contributed by atoms with Crippen molar-refractivity contribution in [2.75, 3.05) is 0 Å². The monoisotopic (exact) mass is 340 g/mol. The molecule has 80 valence electrons. The predicted octanol–water partition coefficient (Wildman–Crippen LogP) is 3.23. The van der Waals surface area contributed by atoms with Crippen molar-refractivity contribution in [2.45, 2.75) is 0 Å². The van der Waals surface area contributed by atoms with Gasteiger partial charge >= 0.3 is 0 Å². The Balaban J connectivity index is 2.42. The second kappa shape index (κ2) is 4.84. The highest BCUT2D eigenvalue weighted by Gasteiger charge is 2.13. The van der Waals surface area contributed by atoms with Crippen LogP contribution in [0.15, 0.2) is 45.7 Å². The summed E-state index contributed by atoms with van der Waals surface area (Å²) in [5, 5.41) is 0. The van der Waals surface area contributed by atoms with Crippen LogP contribution in [0.1, 0.15) is 16.1 Å². The molecule has 0 saturated carbocycles. The largest absolute Gasteiger partial charge is 0.287 e. The van der Waals surface area contributed by atoms with E-state index in [-0.39, 0.29) is 5.78 Å². The number of nitrogens with zero attached hydrogens (tertiary/aromatic N) is 2. The molecular weight excluding hydrogens is 336 g/mol. The van der Waals surface area contributed by atoms with Crippen LogP contribution in [0.3, 0.4) is 0 Å². The maximum Gasteiger partial charge on any atom is 0.214 e. The average molecular weight is 342 g/mol. The minimum absolute atomic E-state index is 0.146. The number of ketones is 1. The molecular formula is C11H6Br2N2O. The number of carbonyl (C=O) groups is 1. The van der Waals surface area contributed by atoms with Crippen LogP contribution in [0, 0.1) is 0 Å². The van der Waals surface area contributed by atoms with E-state index < -0.39 is 0 Å². The number of hydrogen-bond acceptors (Lipinski definition) is 3. The summed E-state index contributed by atoms with van der Waals surface area (Å²) in [6.45, 7) is 0. The second-order valence-corrected chi connectivity index (χ2v) is 4.81. The molecule has 16 heavy (non-hydrogen) atoms. The Morgan fingerprint density at radius 3 is 2.62 bits per heavy atom. The van der Waals surface area contributed by atoms with Crippen LogP contribution in [0.2, 0.25) is 0 Å². The van der Waals surface area contributed by atoms with Gasteiger partial charge in [0.05, 0.1) is 6.20 Å². The fraction of sp³-hybridized carbons (Fsp3) is 0. The summed E-state index contributed by atoms with van der Waals surface area (Å²) < 4.78 is 1.65. The number of benzene rings is 1. The molecule has 2 rings (SSSR count). The van der Waals surface area contributed by atoms with Crippen molar-refractivity contribution in [3.63, 3.8) is 0 Å². The van der Waals surface area contributed by atoms with Gasteiger partial charge in [0.1, 0.15) is 5.69 Å². The summed E-state index contributed by atoms with van der Waals surface area (Å²) in [5.74, 6) is -0.146. The van der Waals surface area contributed by atoms with E-state index in [1.807, 2.05) is 12.1 Å². The maximum absolute atomic E-state index is 12.0. The van der Waals surface area contributed by atoms with Gasteiger partial charge in [-0.15, -0.1) is 0 Å². The SMILES string of the molecule is O=C(c1cnccn1)c1ccc(Br)cc1Br. The Morgan fingerprint density at radius 2 is 2.00 bits per heavy atom. The Labute approximate surface area is 109 Å². The van der Waals surface area contributed by atoms with Crippen molar-refractivity contribution in [3.8, 4) is 0 Å². The molecule has 3 nitrogen and oxygen atoms in total. The number of hydrogen-bond donors (Lipinski definition) is 0. The van der Waals surface area contributed by atoms with E-state index in [1.54, 1.807) is 6.07 Å². The molecule has 0 N–H and O–H groups in total. The lowest BCUT2D eigenvalue weighted by molar-refractivity contribution is 0.103. The molecule has 1 aromatic heterocycles. The lowest BCUT2D eigenvalue weighted by atomic mass is 10.1. The molecule has 0 spiro atoms. The molecule has 2 aromatic rings. The Hall–Kier alpha value is -1.07.